The second-order valence-electron chi connectivity index (χ2n) is 5.01. The van der Waals surface area contributed by atoms with Crippen LogP contribution in [0.25, 0.3) is 5.76 Å². The lowest BCUT2D eigenvalue weighted by Gasteiger charge is -2.14. The van der Waals surface area contributed by atoms with Gasteiger partial charge in [-0.15, -0.1) is 6.58 Å². The lowest BCUT2D eigenvalue weighted by atomic mass is 10.1. The van der Waals surface area contributed by atoms with E-state index in [9.17, 15) is 13.2 Å². The number of alkyl halides is 3. The summed E-state index contributed by atoms with van der Waals surface area (Å²) in [6.07, 6.45) is 3.23. The van der Waals surface area contributed by atoms with E-state index in [1.54, 1.807) is 24.3 Å². The van der Waals surface area contributed by atoms with Crippen molar-refractivity contribution < 1.29 is 22.6 Å². The van der Waals surface area contributed by atoms with Crippen LogP contribution in [0, 0.1) is 0 Å². The second kappa shape index (κ2) is 7.62. The summed E-state index contributed by atoms with van der Waals surface area (Å²) >= 11 is 5.69. The Morgan fingerprint density at radius 3 is 2.79 bits per heavy atom. The van der Waals surface area contributed by atoms with Crippen molar-refractivity contribution in [2.24, 2.45) is 0 Å². The van der Waals surface area contributed by atoms with E-state index >= 15 is 0 Å². The molecule has 1 aromatic rings. The van der Waals surface area contributed by atoms with Gasteiger partial charge in [0.15, 0.2) is 0 Å². The van der Waals surface area contributed by atoms with Crippen molar-refractivity contribution in [3.63, 3.8) is 0 Å². The molecule has 0 N–H and O–H groups in total. The Kier molecular flexibility index (Phi) is 5.78. The molecule has 0 unspecified atom stereocenters. The molecule has 1 heterocycles. The predicted molar refractivity (Wildman–Crippen MR) is 88.1 cm³/mol. The van der Waals surface area contributed by atoms with E-state index in [1.807, 2.05) is 0 Å². The Balaban J connectivity index is 2.27. The van der Waals surface area contributed by atoms with E-state index in [-0.39, 0.29) is 16.3 Å². The molecule has 128 valence electrons. The third-order valence-electron chi connectivity index (χ3n) is 3.31. The number of hydrogen-bond acceptors (Lipinski definition) is 2. The summed E-state index contributed by atoms with van der Waals surface area (Å²) < 4.78 is 50.3. The number of methoxy groups -OCH3 is 1. The largest absolute Gasteiger partial charge is 0.497 e. The average Bonchev–Trinajstić information content (AvgIpc) is 2.98. The van der Waals surface area contributed by atoms with Crippen LogP contribution in [0.5, 0.6) is 0 Å². The summed E-state index contributed by atoms with van der Waals surface area (Å²) in [6.45, 7) is 3.61. The van der Waals surface area contributed by atoms with E-state index in [0.29, 0.717) is 24.4 Å². The Hall–Kier alpha value is -2.14. The van der Waals surface area contributed by atoms with Crippen LogP contribution in [0.2, 0.25) is 5.02 Å². The normalized spacial score (nSPS) is 16.8. The van der Waals surface area contributed by atoms with Crippen molar-refractivity contribution in [3.05, 3.63) is 76.7 Å². The second-order valence-corrected chi connectivity index (χ2v) is 5.44. The summed E-state index contributed by atoms with van der Waals surface area (Å²) in [4.78, 5) is 0. The van der Waals surface area contributed by atoms with Gasteiger partial charge in [0, 0.05) is 23.1 Å². The van der Waals surface area contributed by atoms with Crippen LogP contribution in [0.4, 0.5) is 13.2 Å². The molecule has 24 heavy (non-hydrogen) atoms. The molecule has 0 bridgehead atoms. The first-order chi connectivity index (χ1) is 11.3. The number of hydrogen-bond donors (Lipinski definition) is 0. The minimum Gasteiger partial charge on any atom is -0.497 e. The molecule has 1 aromatic carbocycles. The molecule has 2 rings (SSSR count). The molecule has 0 amide bonds. The first-order valence-electron chi connectivity index (χ1n) is 7.16. The Morgan fingerprint density at radius 2 is 2.17 bits per heavy atom. The smallest absolute Gasteiger partial charge is 0.417 e. The molecular weight excluding hydrogens is 341 g/mol. The number of benzene rings is 1. The van der Waals surface area contributed by atoms with Gasteiger partial charge in [-0.2, -0.15) is 13.2 Å². The van der Waals surface area contributed by atoms with Gasteiger partial charge in [0.05, 0.1) is 12.7 Å². The van der Waals surface area contributed by atoms with Crippen LogP contribution in [0.15, 0.2) is 60.6 Å². The van der Waals surface area contributed by atoms with Crippen LogP contribution in [0.1, 0.15) is 24.0 Å². The number of halogens is 4. The first-order valence-corrected chi connectivity index (χ1v) is 7.53. The van der Waals surface area contributed by atoms with Crippen molar-refractivity contribution in [2.45, 2.75) is 19.0 Å². The number of allylic oxidation sites excluding steroid dienone is 4. The Bertz CT molecular complexity index is 715. The quantitative estimate of drug-likeness (QED) is 0.468. The van der Waals surface area contributed by atoms with Gasteiger partial charge in [-0.05, 0) is 36.8 Å². The van der Waals surface area contributed by atoms with E-state index in [1.165, 1.54) is 19.2 Å². The molecule has 1 aliphatic heterocycles. The summed E-state index contributed by atoms with van der Waals surface area (Å²) in [5, 5.41) is 0.0227. The predicted octanol–water partition coefficient (Wildman–Crippen LogP) is 6.11. The zero-order valence-electron chi connectivity index (χ0n) is 13.0. The molecule has 0 fully saturated rings. The van der Waals surface area contributed by atoms with Crippen molar-refractivity contribution in [1.29, 1.82) is 0 Å². The SMILES string of the molecule is C=CC/C=C(\C=C1/CC=C(c2ccc(Cl)cc2C(F)(F)F)O1)OC. The van der Waals surface area contributed by atoms with Crippen LogP contribution >= 0.6 is 11.6 Å². The highest BCUT2D eigenvalue weighted by Crippen LogP contribution is 2.39. The van der Waals surface area contributed by atoms with E-state index in [0.717, 1.165) is 6.07 Å². The van der Waals surface area contributed by atoms with Crippen LogP contribution in [-0.2, 0) is 15.7 Å². The van der Waals surface area contributed by atoms with Gasteiger partial charge in [0.25, 0.3) is 0 Å². The Morgan fingerprint density at radius 1 is 1.42 bits per heavy atom. The van der Waals surface area contributed by atoms with Gasteiger partial charge in [-0.25, -0.2) is 0 Å². The fourth-order valence-corrected chi connectivity index (χ4v) is 2.37. The molecule has 0 radical (unpaired) electrons. The van der Waals surface area contributed by atoms with Gasteiger partial charge in [0.1, 0.15) is 17.3 Å². The van der Waals surface area contributed by atoms with Crippen molar-refractivity contribution in [1.82, 2.24) is 0 Å². The summed E-state index contributed by atoms with van der Waals surface area (Å²) in [7, 11) is 1.51. The zero-order chi connectivity index (χ0) is 17.7. The summed E-state index contributed by atoms with van der Waals surface area (Å²) in [5.74, 6) is 1.22. The molecule has 0 spiro atoms. The van der Waals surface area contributed by atoms with E-state index in [2.05, 4.69) is 6.58 Å². The molecular formula is C18H16ClF3O2. The molecule has 6 heteroatoms. The monoisotopic (exact) mass is 356 g/mol. The summed E-state index contributed by atoms with van der Waals surface area (Å²) in [5.41, 5.74) is -0.860. The molecule has 0 saturated heterocycles. The van der Waals surface area contributed by atoms with Gasteiger partial charge in [-0.1, -0.05) is 17.7 Å². The maximum absolute atomic E-state index is 13.2. The third kappa shape index (κ3) is 4.45. The average molecular weight is 357 g/mol. The van der Waals surface area contributed by atoms with E-state index in [4.69, 9.17) is 21.1 Å². The van der Waals surface area contributed by atoms with Crippen LogP contribution < -0.4 is 0 Å². The van der Waals surface area contributed by atoms with Crippen molar-refractivity contribution >= 4 is 17.4 Å². The first kappa shape index (κ1) is 18.2. The maximum Gasteiger partial charge on any atom is 0.417 e. The minimum atomic E-state index is -4.52. The lowest BCUT2D eigenvalue weighted by Crippen LogP contribution is -2.09. The topological polar surface area (TPSA) is 18.5 Å². The highest BCUT2D eigenvalue weighted by Gasteiger charge is 2.35. The van der Waals surface area contributed by atoms with Crippen molar-refractivity contribution in [2.75, 3.05) is 7.11 Å². The fraction of sp³-hybridized carbons (Fsp3) is 0.222. The van der Waals surface area contributed by atoms with Crippen LogP contribution in [-0.4, -0.2) is 7.11 Å². The van der Waals surface area contributed by atoms with Gasteiger partial charge in [0.2, 0.25) is 0 Å². The van der Waals surface area contributed by atoms with Gasteiger partial charge < -0.3 is 9.47 Å². The molecule has 0 saturated carbocycles. The van der Waals surface area contributed by atoms with Crippen molar-refractivity contribution in [3.8, 4) is 0 Å². The van der Waals surface area contributed by atoms with Gasteiger partial charge in [-0.3, -0.25) is 0 Å². The fourth-order valence-electron chi connectivity index (χ4n) is 2.20. The lowest BCUT2D eigenvalue weighted by molar-refractivity contribution is -0.137. The molecule has 0 atom stereocenters. The number of rotatable bonds is 5. The minimum absolute atomic E-state index is 0.0227. The third-order valence-corrected chi connectivity index (χ3v) is 3.54. The Labute approximate surface area is 143 Å². The highest BCUT2D eigenvalue weighted by molar-refractivity contribution is 6.30. The zero-order valence-corrected chi connectivity index (χ0v) is 13.7. The maximum atomic E-state index is 13.2. The molecule has 2 nitrogen and oxygen atoms in total. The van der Waals surface area contributed by atoms with E-state index < -0.39 is 11.7 Å². The van der Waals surface area contributed by atoms with Gasteiger partial charge >= 0.3 is 6.18 Å². The summed E-state index contributed by atoms with van der Waals surface area (Å²) in [6, 6.07) is 3.61. The number of ether oxygens (including phenoxy) is 2. The standard InChI is InChI=1S/C18H16ClF3O2/c1-3-4-5-13(23-2)11-14-7-9-17(24-14)15-8-6-12(19)10-16(15)18(20,21)22/h3,5-6,8-11H,1,4,7H2,2H3/b13-5+,14-11+. The molecule has 0 aliphatic carbocycles. The van der Waals surface area contributed by atoms with Crippen LogP contribution in [0.3, 0.4) is 0 Å². The highest BCUT2D eigenvalue weighted by atomic mass is 35.5. The molecule has 0 aromatic heterocycles. The molecule has 1 aliphatic rings.